The van der Waals surface area contributed by atoms with E-state index in [-0.39, 0.29) is 0 Å². The number of hydrogen-bond donors (Lipinski definition) is 0. The zero-order valence-electron chi connectivity index (χ0n) is 14.5. The third-order valence-electron chi connectivity index (χ3n) is 4.06. The van der Waals surface area contributed by atoms with Gasteiger partial charge in [-0.2, -0.15) is 9.61 Å². The summed E-state index contributed by atoms with van der Waals surface area (Å²) >= 11 is 7.35. The first-order valence-electron chi connectivity index (χ1n) is 8.43. The van der Waals surface area contributed by atoms with Crippen LogP contribution in [-0.2, 0) is 0 Å². The van der Waals surface area contributed by atoms with Crippen LogP contribution in [0.15, 0.2) is 75.3 Å². The van der Waals surface area contributed by atoms with Crippen molar-refractivity contribution in [3.05, 3.63) is 71.5 Å². The maximum Gasteiger partial charge on any atom is 0.283 e. The Bertz CT molecular complexity index is 1340. The summed E-state index contributed by atoms with van der Waals surface area (Å²) in [4.78, 5) is 0. The van der Waals surface area contributed by atoms with Crippen LogP contribution in [0.3, 0.4) is 0 Å². The Morgan fingerprint density at radius 3 is 2.48 bits per heavy atom. The van der Waals surface area contributed by atoms with Crippen LogP contribution in [0.2, 0.25) is 5.02 Å². The van der Waals surface area contributed by atoms with Gasteiger partial charge in [0, 0.05) is 0 Å². The monoisotopic (exact) mass is 424 g/mol. The van der Waals surface area contributed by atoms with Gasteiger partial charge in [0.25, 0.3) is 5.22 Å². The van der Waals surface area contributed by atoms with Gasteiger partial charge < -0.3 is 4.42 Å². The quantitative estimate of drug-likeness (QED) is 0.410. The molecule has 7 nitrogen and oxygen atoms in total. The second-order valence-electron chi connectivity index (χ2n) is 5.90. The van der Waals surface area contributed by atoms with E-state index < -0.39 is 5.82 Å². The zero-order chi connectivity index (χ0) is 19.8. The van der Waals surface area contributed by atoms with E-state index in [2.05, 4.69) is 25.5 Å². The summed E-state index contributed by atoms with van der Waals surface area (Å²) in [6.07, 6.45) is 0. The van der Waals surface area contributed by atoms with E-state index in [0.29, 0.717) is 43.8 Å². The highest BCUT2D eigenvalue weighted by Crippen LogP contribution is 2.31. The van der Waals surface area contributed by atoms with Crippen molar-refractivity contribution < 1.29 is 8.81 Å². The summed E-state index contributed by atoms with van der Waals surface area (Å²) in [7, 11) is 0. The third-order valence-corrected chi connectivity index (χ3v) is 5.15. The van der Waals surface area contributed by atoms with E-state index in [1.165, 1.54) is 22.3 Å². The van der Waals surface area contributed by atoms with E-state index in [1.807, 2.05) is 12.1 Å². The van der Waals surface area contributed by atoms with Gasteiger partial charge in [0.2, 0.25) is 5.89 Å². The number of rotatable bonds is 4. The highest BCUT2D eigenvalue weighted by atomic mass is 35.5. The Balaban J connectivity index is 1.48. The van der Waals surface area contributed by atoms with Crippen LogP contribution in [0, 0.1) is 5.82 Å². The second-order valence-corrected chi connectivity index (χ2v) is 7.28. The summed E-state index contributed by atoms with van der Waals surface area (Å²) in [5.74, 6) is 0.223. The van der Waals surface area contributed by atoms with Crippen molar-refractivity contribution in [2.45, 2.75) is 10.2 Å². The largest absolute Gasteiger partial charge is 0.411 e. The van der Waals surface area contributed by atoms with Gasteiger partial charge in [0.05, 0.1) is 16.1 Å². The predicted molar refractivity (Wildman–Crippen MR) is 105 cm³/mol. The van der Waals surface area contributed by atoms with Crippen molar-refractivity contribution in [3.8, 4) is 22.8 Å². The van der Waals surface area contributed by atoms with Gasteiger partial charge in [0.15, 0.2) is 11.5 Å². The van der Waals surface area contributed by atoms with Crippen molar-refractivity contribution in [2.24, 2.45) is 0 Å². The molecule has 0 spiro atoms. The molecule has 0 saturated carbocycles. The molecule has 3 aromatic heterocycles. The van der Waals surface area contributed by atoms with Gasteiger partial charge >= 0.3 is 0 Å². The minimum Gasteiger partial charge on any atom is -0.411 e. The number of benzene rings is 2. The fraction of sp³-hybridized carbons (Fsp3) is 0. The van der Waals surface area contributed by atoms with Crippen LogP contribution in [0.25, 0.3) is 28.5 Å². The standard InChI is InChI=1S/C19H10ClFN6OS/c20-13-7-3-1-5-11(13)18-24-25-19(28-18)29-16-10-9-15-22-23-17(27(15)26-16)12-6-2-4-8-14(12)21/h1-10H. The minimum absolute atomic E-state index is 0.298. The first kappa shape index (κ1) is 17.8. The van der Waals surface area contributed by atoms with Gasteiger partial charge in [0.1, 0.15) is 10.8 Å². The lowest BCUT2D eigenvalue weighted by Gasteiger charge is -2.02. The van der Waals surface area contributed by atoms with Crippen molar-refractivity contribution in [1.29, 1.82) is 0 Å². The van der Waals surface area contributed by atoms with E-state index in [9.17, 15) is 4.39 Å². The number of hydrogen-bond acceptors (Lipinski definition) is 7. The van der Waals surface area contributed by atoms with Crippen LogP contribution in [0.5, 0.6) is 0 Å². The molecular weight excluding hydrogens is 415 g/mol. The van der Waals surface area contributed by atoms with Crippen LogP contribution in [0.1, 0.15) is 0 Å². The smallest absolute Gasteiger partial charge is 0.283 e. The van der Waals surface area contributed by atoms with Crippen LogP contribution in [-0.4, -0.2) is 30.0 Å². The number of aromatic nitrogens is 6. The summed E-state index contributed by atoms with van der Waals surface area (Å²) in [5.41, 5.74) is 1.46. The molecule has 0 unspecified atom stereocenters. The summed E-state index contributed by atoms with van der Waals surface area (Å²) in [6.45, 7) is 0. The zero-order valence-corrected chi connectivity index (χ0v) is 16.1. The number of halogens is 2. The topological polar surface area (TPSA) is 82.0 Å². The molecule has 0 fully saturated rings. The van der Waals surface area contributed by atoms with E-state index in [4.69, 9.17) is 16.0 Å². The molecule has 0 aliphatic carbocycles. The van der Waals surface area contributed by atoms with Crippen LogP contribution in [0.4, 0.5) is 4.39 Å². The van der Waals surface area contributed by atoms with E-state index in [0.717, 1.165) is 0 Å². The Hall–Kier alpha value is -3.30. The Labute approximate surface area is 172 Å². The molecule has 5 aromatic rings. The predicted octanol–water partition coefficient (Wildman–Crippen LogP) is 4.79. The molecule has 0 atom stereocenters. The normalized spacial score (nSPS) is 11.2. The van der Waals surface area contributed by atoms with E-state index in [1.54, 1.807) is 42.5 Å². The van der Waals surface area contributed by atoms with Crippen LogP contribution < -0.4 is 0 Å². The Morgan fingerprint density at radius 1 is 0.862 bits per heavy atom. The Morgan fingerprint density at radius 2 is 1.66 bits per heavy atom. The minimum atomic E-state index is -0.400. The molecule has 0 N–H and O–H groups in total. The first-order chi connectivity index (χ1) is 14.2. The van der Waals surface area contributed by atoms with Crippen molar-refractivity contribution in [1.82, 2.24) is 30.0 Å². The van der Waals surface area contributed by atoms with Crippen molar-refractivity contribution >= 4 is 29.0 Å². The van der Waals surface area contributed by atoms with E-state index >= 15 is 0 Å². The number of fused-ring (bicyclic) bond motifs is 1. The van der Waals surface area contributed by atoms with Gasteiger partial charge in [-0.15, -0.1) is 20.4 Å². The lowest BCUT2D eigenvalue weighted by molar-refractivity contribution is 0.465. The van der Waals surface area contributed by atoms with Crippen LogP contribution >= 0.6 is 23.4 Å². The maximum atomic E-state index is 14.2. The van der Waals surface area contributed by atoms with Gasteiger partial charge in [-0.05, 0) is 48.2 Å². The molecule has 0 amide bonds. The Kier molecular flexibility index (Phi) is 4.45. The molecule has 142 valence electrons. The summed E-state index contributed by atoms with van der Waals surface area (Å²) < 4.78 is 21.3. The molecule has 5 rings (SSSR count). The lowest BCUT2D eigenvalue weighted by Crippen LogP contribution is -1.97. The average molecular weight is 425 g/mol. The molecule has 0 aliphatic rings. The molecule has 0 saturated heterocycles. The molecular formula is C19H10ClFN6OS. The fourth-order valence-electron chi connectivity index (χ4n) is 2.72. The van der Waals surface area contributed by atoms with Gasteiger partial charge in [-0.25, -0.2) is 4.39 Å². The summed E-state index contributed by atoms with van der Waals surface area (Å²) in [5, 5.41) is 22.0. The first-order valence-corrected chi connectivity index (χ1v) is 9.62. The highest BCUT2D eigenvalue weighted by molar-refractivity contribution is 7.99. The number of nitrogens with zero attached hydrogens (tertiary/aromatic N) is 6. The molecule has 29 heavy (non-hydrogen) atoms. The van der Waals surface area contributed by atoms with Crippen molar-refractivity contribution in [3.63, 3.8) is 0 Å². The third kappa shape index (κ3) is 3.34. The fourth-order valence-corrected chi connectivity index (χ4v) is 3.58. The van der Waals surface area contributed by atoms with Crippen molar-refractivity contribution in [2.75, 3.05) is 0 Å². The molecule has 0 bridgehead atoms. The molecule has 0 radical (unpaired) electrons. The second kappa shape index (κ2) is 7.26. The molecule has 0 aliphatic heterocycles. The average Bonchev–Trinajstić information content (AvgIpc) is 3.36. The highest BCUT2D eigenvalue weighted by Gasteiger charge is 2.16. The summed E-state index contributed by atoms with van der Waals surface area (Å²) in [6, 6.07) is 17.0. The SMILES string of the molecule is Fc1ccccc1-c1nnc2ccc(Sc3nnc(-c4ccccc4Cl)o3)nn12. The molecule has 3 heterocycles. The maximum absolute atomic E-state index is 14.2. The van der Waals surface area contributed by atoms with Gasteiger partial charge in [-0.3, -0.25) is 0 Å². The van der Waals surface area contributed by atoms with Gasteiger partial charge in [-0.1, -0.05) is 35.9 Å². The lowest BCUT2D eigenvalue weighted by atomic mass is 10.2. The molecule has 10 heteroatoms. The molecule has 2 aromatic carbocycles.